The largest absolute Gasteiger partial charge is 0.462 e. The number of hydrogen-bond donors (Lipinski definition) is 0. The van der Waals surface area contributed by atoms with E-state index in [9.17, 15) is 14.4 Å². The monoisotopic (exact) mass is 228 g/mol. The van der Waals surface area contributed by atoms with Crippen LogP contribution in [0.4, 0.5) is 0 Å². The third-order valence-electron chi connectivity index (χ3n) is 1.52. The molecule has 0 radical (unpaired) electrons. The van der Waals surface area contributed by atoms with Gasteiger partial charge in [0, 0.05) is 0 Å². The number of rotatable bonds is 6. The van der Waals surface area contributed by atoms with Gasteiger partial charge in [-0.25, -0.2) is 4.79 Å². The molecule has 0 heterocycles. The number of Topliss-reactive ketones (excluding diaryl/α,β-unsaturated/α-hetero) is 1. The molecule has 0 spiro atoms. The first-order valence-electron chi connectivity index (χ1n) is 5.00. The van der Waals surface area contributed by atoms with Crippen LogP contribution in [-0.2, 0) is 23.9 Å². The van der Waals surface area contributed by atoms with Crippen molar-refractivity contribution in [3.8, 4) is 0 Å². The van der Waals surface area contributed by atoms with Gasteiger partial charge in [0.2, 0.25) is 0 Å². The standard InChI is InChI=1S/C11H16O5/c1-4-5-15-11(14)8(2)7-16-10(13)6-9(3)12/h7H,4-6H2,1-3H3. The molecular weight excluding hydrogens is 212 g/mol. The van der Waals surface area contributed by atoms with Gasteiger partial charge in [-0.3, -0.25) is 9.59 Å². The van der Waals surface area contributed by atoms with E-state index in [0.29, 0.717) is 6.61 Å². The lowest BCUT2D eigenvalue weighted by atomic mass is 10.3. The summed E-state index contributed by atoms with van der Waals surface area (Å²) in [7, 11) is 0. The number of ketones is 1. The second-order valence-corrected chi connectivity index (χ2v) is 3.31. The highest BCUT2D eigenvalue weighted by atomic mass is 16.5. The van der Waals surface area contributed by atoms with Crippen molar-refractivity contribution >= 4 is 17.7 Å². The van der Waals surface area contributed by atoms with E-state index in [4.69, 9.17) is 4.74 Å². The van der Waals surface area contributed by atoms with Crippen LogP contribution in [0.1, 0.15) is 33.6 Å². The summed E-state index contributed by atoms with van der Waals surface area (Å²) < 4.78 is 9.39. The summed E-state index contributed by atoms with van der Waals surface area (Å²) in [5.74, 6) is -1.50. The maximum atomic E-state index is 11.2. The summed E-state index contributed by atoms with van der Waals surface area (Å²) in [6, 6.07) is 0. The van der Waals surface area contributed by atoms with E-state index in [1.54, 1.807) is 0 Å². The zero-order valence-corrected chi connectivity index (χ0v) is 9.74. The molecule has 0 saturated carbocycles. The lowest BCUT2D eigenvalue weighted by Gasteiger charge is -2.02. The van der Waals surface area contributed by atoms with Gasteiger partial charge in [0.15, 0.2) is 0 Å². The van der Waals surface area contributed by atoms with Crippen LogP contribution in [0.5, 0.6) is 0 Å². The average Bonchev–Trinajstić information content (AvgIpc) is 2.21. The molecular formula is C11H16O5. The van der Waals surface area contributed by atoms with Gasteiger partial charge in [-0.2, -0.15) is 0 Å². The summed E-state index contributed by atoms with van der Waals surface area (Å²) in [6.07, 6.45) is 1.43. The third-order valence-corrected chi connectivity index (χ3v) is 1.52. The lowest BCUT2D eigenvalue weighted by molar-refractivity contribution is -0.141. The van der Waals surface area contributed by atoms with Crippen molar-refractivity contribution in [2.45, 2.75) is 33.6 Å². The number of carbonyl (C=O) groups is 3. The van der Waals surface area contributed by atoms with Crippen molar-refractivity contribution in [1.29, 1.82) is 0 Å². The van der Waals surface area contributed by atoms with Crippen LogP contribution in [0.15, 0.2) is 11.8 Å². The Morgan fingerprint density at radius 2 is 1.81 bits per heavy atom. The first-order valence-corrected chi connectivity index (χ1v) is 5.00. The molecule has 0 aromatic heterocycles. The molecule has 0 N–H and O–H groups in total. The lowest BCUT2D eigenvalue weighted by Crippen LogP contribution is -2.09. The molecule has 0 aromatic carbocycles. The molecule has 0 aliphatic carbocycles. The first kappa shape index (κ1) is 14.3. The second-order valence-electron chi connectivity index (χ2n) is 3.31. The van der Waals surface area contributed by atoms with Crippen molar-refractivity contribution < 1.29 is 23.9 Å². The highest BCUT2D eigenvalue weighted by molar-refractivity contribution is 5.94. The second kappa shape index (κ2) is 7.62. The molecule has 5 nitrogen and oxygen atoms in total. The van der Waals surface area contributed by atoms with E-state index < -0.39 is 11.9 Å². The number of hydrogen-bond acceptors (Lipinski definition) is 5. The highest BCUT2D eigenvalue weighted by Gasteiger charge is 2.08. The molecule has 0 bridgehead atoms. The summed E-state index contributed by atoms with van der Waals surface area (Å²) >= 11 is 0. The Morgan fingerprint density at radius 3 is 2.31 bits per heavy atom. The van der Waals surface area contributed by atoms with Crippen molar-refractivity contribution in [1.82, 2.24) is 0 Å². The zero-order valence-electron chi connectivity index (χ0n) is 9.74. The zero-order chi connectivity index (χ0) is 12.6. The molecule has 0 atom stereocenters. The molecule has 0 unspecified atom stereocenters. The predicted molar refractivity (Wildman–Crippen MR) is 56.4 cm³/mol. The molecule has 0 aliphatic rings. The molecule has 90 valence electrons. The molecule has 16 heavy (non-hydrogen) atoms. The maximum absolute atomic E-state index is 11.2. The van der Waals surface area contributed by atoms with Crippen molar-refractivity contribution in [2.75, 3.05) is 6.61 Å². The number of carbonyl (C=O) groups excluding carboxylic acids is 3. The molecule has 5 heteroatoms. The Labute approximate surface area is 94.4 Å². The van der Waals surface area contributed by atoms with Crippen molar-refractivity contribution in [3.63, 3.8) is 0 Å². The predicted octanol–water partition coefficient (Wildman–Crippen LogP) is 1.37. The topological polar surface area (TPSA) is 69.7 Å². The molecule has 0 fully saturated rings. The fourth-order valence-corrected chi connectivity index (χ4v) is 0.756. The summed E-state index contributed by atoms with van der Waals surface area (Å²) in [5, 5.41) is 0. The van der Waals surface area contributed by atoms with Crippen molar-refractivity contribution in [2.24, 2.45) is 0 Å². The van der Waals surface area contributed by atoms with Gasteiger partial charge in [-0.05, 0) is 20.3 Å². The number of esters is 2. The van der Waals surface area contributed by atoms with E-state index in [2.05, 4.69) is 4.74 Å². The molecule has 0 rings (SSSR count). The van der Waals surface area contributed by atoms with Gasteiger partial charge >= 0.3 is 11.9 Å². The minimum absolute atomic E-state index is 0.186. The Balaban J connectivity index is 4.07. The Hall–Kier alpha value is -1.65. The molecule has 0 aliphatic heterocycles. The number of ether oxygens (including phenoxy) is 2. The van der Waals surface area contributed by atoms with E-state index in [1.807, 2.05) is 6.92 Å². The minimum atomic E-state index is -0.685. The van der Waals surface area contributed by atoms with Crippen LogP contribution >= 0.6 is 0 Å². The van der Waals surface area contributed by atoms with Crippen LogP contribution < -0.4 is 0 Å². The Kier molecular flexibility index (Phi) is 6.83. The fourth-order valence-electron chi connectivity index (χ4n) is 0.756. The first-order chi connectivity index (χ1) is 7.47. The van der Waals surface area contributed by atoms with E-state index in [1.165, 1.54) is 13.8 Å². The fraction of sp³-hybridized carbons (Fsp3) is 0.545. The summed E-state index contributed by atoms with van der Waals surface area (Å²) in [6.45, 7) is 4.96. The van der Waals surface area contributed by atoms with Crippen LogP contribution in [0.3, 0.4) is 0 Å². The highest BCUT2D eigenvalue weighted by Crippen LogP contribution is 1.99. The average molecular weight is 228 g/mol. The van der Waals surface area contributed by atoms with Crippen LogP contribution in [0.25, 0.3) is 0 Å². The molecule has 0 amide bonds. The van der Waals surface area contributed by atoms with Gasteiger partial charge in [0.25, 0.3) is 0 Å². The summed E-state index contributed by atoms with van der Waals surface area (Å²) in [4.78, 5) is 32.7. The van der Waals surface area contributed by atoms with Crippen LogP contribution in [-0.4, -0.2) is 24.3 Å². The molecule has 0 saturated heterocycles. The minimum Gasteiger partial charge on any atom is -0.462 e. The van der Waals surface area contributed by atoms with Crippen molar-refractivity contribution in [3.05, 3.63) is 11.8 Å². The Bertz CT molecular complexity index is 303. The third kappa shape index (κ3) is 6.75. The van der Waals surface area contributed by atoms with Gasteiger partial charge in [0.05, 0.1) is 12.2 Å². The van der Waals surface area contributed by atoms with Gasteiger partial charge in [0.1, 0.15) is 18.5 Å². The van der Waals surface area contributed by atoms with Gasteiger partial charge < -0.3 is 9.47 Å². The molecule has 0 aromatic rings. The van der Waals surface area contributed by atoms with Gasteiger partial charge in [-0.1, -0.05) is 6.92 Å². The van der Waals surface area contributed by atoms with Gasteiger partial charge in [-0.15, -0.1) is 0 Å². The quantitative estimate of drug-likeness (QED) is 0.297. The van der Waals surface area contributed by atoms with E-state index in [0.717, 1.165) is 12.7 Å². The smallest absolute Gasteiger partial charge is 0.336 e. The van der Waals surface area contributed by atoms with E-state index in [-0.39, 0.29) is 17.8 Å². The summed E-state index contributed by atoms with van der Waals surface area (Å²) in [5.41, 5.74) is 0.186. The van der Waals surface area contributed by atoms with Crippen LogP contribution in [0.2, 0.25) is 0 Å². The van der Waals surface area contributed by atoms with E-state index >= 15 is 0 Å². The normalized spacial score (nSPS) is 10.8. The SMILES string of the molecule is CCCOC(=O)C(C)=COC(=O)CC(C)=O. The maximum Gasteiger partial charge on any atom is 0.336 e. The Morgan fingerprint density at radius 1 is 1.19 bits per heavy atom. The van der Waals surface area contributed by atoms with Crippen LogP contribution in [0, 0.1) is 0 Å².